The Morgan fingerprint density at radius 1 is 0.861 bits per heavy atom. The minimum Gasteiger partial charge on any atom is -0.459 e. The smallest absolute Gasteiger partial charge is 0.408 e. The van der Waals surface area contributed by atoms with E-state index in [2.05, 4.69) is 16.0 Å². The van der Waals surface area contributed by atoms with Crippen LogP contribution in [0, 0.1) is 5.92 Å². The van der Waals surface area contributed by atoms with Gasteiger partial charge in [-0.25, -0.2) is 9.59 Å². The van der Waals surface area contributed by atoms with E-state index >= 15 is 0 Å². The van der Waals surface area contributed by atoms with Gasteiger partial charge in [0, 0.05) is 19.2 Å². The lowest BCUT2D eigenvalue weighted by molar-refractivity contribution is -0.149. The van der Waals surface area contributed by atoms with Gasteiger partial charge >= 0.3 is 12.1 Å². The van der Waals surface area contributed by atoms with Crippen molar-refractivity contribution in [1.29, 1.82) is 0 Å². The van der Waals surface area contributed by atoms with E-state index in [0.29, 0.717) is 6.42 Å². The van der Waals surface area contributed by atoms with Crippen molar-refractivity contribution in [3.8, 4) is 0 Å². The van der Waals surface area contributed by atoms with Crippen molar-refractivity contribution in [2.45, 2.75) is 71.8 Å². The van der Waals surface area contributed by atoms with Crippen LogP contribution in [0.2, 0.25) is 0 Å². The standard InChI is InChI=1S/C28H39N3O5/c1-19(2)16-23(31-27(34)36-28(3,4)5)25(32)30-24(17-20-12-14-22(29-6)15-13-20)26(33)35-18-21-10-8-7-9-11-21/h7-15,19,23-24,29H,16-18H2,1-6H3,(H,30,32)(H,31,34). The molecule has 2 amide bonds. The van der Waals surface area contributed by atoms with Gasteiger partial charge in [0.25, 0.3) is 0 Å². The van der Waals surface area contributed by atoms with Gasteiger partial charge in [0.05, 0.1) is 0 Å². The lowest BCUT2D eigenvalue weighted by atomic mass is 10.0. The zero-order valence-corrected chi connectivity index (χ0v) is 22.1. The molecule has 0 aliphatic carbocycles. The number of carbonyl (C=O) groups is 3. The fourth-order valence-corrected chi connectivity index (χ4v) is 3.49. The van der Waals surface area contributed by atoms with Gasteiger partial charge in [-0.3, -0.25) is 4.79 Å². The van der Waals surface area contributed by atoms with Crippen LogP contribution in [0.1, 0.15) is 52.2 Å². The number of benzene rings is 2. The highest BCUT2D eigenvalue weighted by Crippen LogP contribution is 2.14. The molecule has 0 bridgehead atoms. The number of ether oxygens (including phenoxy) is 2. The quantitative estimate of drug-likeness (QED) is 0.397. The maximum atomic E-state index is 13.3. The SMILES string of the molecule is CNc1ccc(CC(NC(=O)C(CC(C)C)NC(=O)OC(C)(C)C)C(=O)OCc2ccccc2)cc1. The van der Waals surface area contributed by atoms with Crippen LogP contribution in [-0.2, 0) is 32.1 Å². The van der Waals surface area contributed by atoms with Crippen molar-refractivity contribution >= 4 is 23.7 Å². The number of amides is 2. The summed E-state index contributed by atoms with van der Waals surface area (Å²) in [5, 5.41) is 8.51. The number of carbonyl (C=O) groups excluding carboxylic acids is 3. The second kappa shape index (κ2) is 13.5. The van der Waals surface area contributed by atoms with Gasteiger partial charge in [-0.05, 0) is 56.4 Å². The Balaban J connectivity index is 2.18. The first kappa shape index (κ1) is 28.7. The predicted octanol–water partition coefficient (Wildman–Crippen LogP) is 4.44. The van der Waals surface area contributed by atoms with Crippen LogP contribution in [0.15, 0.2) is 54.6 Å². The summed E-state index contributed by atoms with van der Waals surface area (Å²) in [7, 11) is 1.82. The van der Waals surface area contributed by atoms with Crippen molar-refractivity contribution in [1.82, 2.24) is 10.6 Å². The monoisotopic (exact) mass is 497 g/mol. The Morgan fingerprint density at radius 2 is 1.50 bits per heavy atom. The van der Waals surface area contributed by atoms with E-state index in [1.807, 2.05) is 75.5 Å². The van der Waals surface area contributed by atoms with Crippen molar-refractivity contribution in [2.24, 2.45) is 5.92 Å². The van der Waals surface area contributed by atoms with E-state index in [9.17, 15) is 14.4 Å². The molecular formula is C28H39N3O5. The van der Waals surface area contributed by atoms with Crippen LogP contribution >= 0.6 is 0 Å². The van der Waals surface area contributed by atoms with Crippen LogP contribution in [0.4, 0.5) is 10.5 Å². The molecule has 8 heteroatoms. The summed E-state index contributed by atoms with van der Waals surface area (Å²) in [5.74, 6) is -0.901. The number of esters is 1. The molecule has 2 aromatic rings. The number of nitrogens with one attached hydrogen (secondary N) is 3. The number of alkyl carbamates (subject to hydrolysis) is 1. The van der Waals surface area contributed by atoms with Crippen molar-refractivity contribution in [3.05, 3.63) is 65.7 Å². The number of anilines is 1. The molecule has 0 fully saturated rings. The molecule has 8 nitrogen and oxygen atoms in total. The van der Waals surface area contributed by atoms with Crippen molar-refractivity contribution in [2.75, 3.05) is 12.4 Å². The molecule has 0 saturated heterocycles. The summed E-state index contributed by atoms with van der Waals surface area (Å²) in [6.07, 6.45) is -0.0630. The molecule has 0 saturated carbocycles. The van der Waals surface area contributed by atoms with E-state index in [4.69, 9.17) is 9.47 Å². The van der Waals surface area contributed by atoms with Gasteiger partial charge in [0.2, 0.25) is 5.91 Å². The molecule has 0 heterocycles. The second-order valence-corrected chi connectivity index (χ2v) is 10.1. The Hall–Kier alpha value is -3.55. The molecule has 0 aromatic heterocycles. The van der Waals surface area contributed by atoms with E-state index in [-0.39, 0.29) is 18.9 Å². The molecule has 2 atom stereocenters. The summed E-state index contributed by atoms with van der Waals surface area (Å²) in [6.45, 7) is 9.25. The Kier molecular flexibility index (Phi) is 10.8. The van der Waals surface area contributed by atoms with Crippen molar-refractivity contribution in [3.63, 3.8) is 0 Å². The zero-order valence-electron chi connectivity index (χ0n) is 22.1. The Labute approximate surface area is 214 Å². The lowest BCUT2D eigenvalue weighted by Gasteiger charge is -2.26. The minimum atomic E-state index is -0.934. The van der Waals surface area contributed by atoms with E-state index in [1.54, 1.807) is 20.8 Å². The number of rotatable bonds is 11. The van der Waals surface area contributed by atoms with Gasteiger partial charge in [0.1, 0.15) is 24.3 Å². The highest BCUT2D eigenvalue weighted by molar-refractivity contribution is 5.89. The maximum absolute atomic E-state index is 13.3. The molecule has 3 N–H and O–H groups in total. The Morgan fingerprint density at radius 3 is 2.06 bits per heavy atom. The Bertz CT molecular complexity index is 984. The van der Waals surface area contributed by atoms with Gasteiger partial charge in [-0.15, -0.1) is 0 Å². The van der Waals surface area contributed by atoms with Gasteiger partial charge in [-0.1, -0.05) is 56.3 Å². The second-order valence-electron chi connectivity index (χ2n) is 10.1. The lowest BCUT2D eigenvalue weighted by Crippen LogP contribution is -2.53. The fraction of sp³-hybridized carbons (Fsp3) is 0.464. The van der Waals surface area contributed by atoms with Crippen LogP contribution < -0.4 is 16.0 Å². The van der Waals surface area contributed by atoms with Crippen LogP contribution in [0.3, 0.4) is 0 Å². The normalized spacial score (nSPS) is 12.9. The third-order valence-corrected chi connectivity index (χ3v) is 5.22. The molecule has 196 valence electrons. The molecule has 36 heavy (non-hydrogen) atoms. The zero-order chi connectivity index (χ0) is 26.7. The average molecular weight is 498 g/mol. The summed E-state index contributed by atoms with van der Waals surface area (Å²) in [4.78, 5) is 38.7. The highest BCUT2D eigenvalue weighted by atomic mass is 16.6. The molecule has 2 aromatic carbocycles. The minimum absolute atomic E-state index is 0.0936. The van der Waals surface area contributed by atoms with Crippen LogP contribution in [0.5, 0.6) is 0 Å². The summed E-state index contributed by atoms with van der Waals surface area (Å²) < 4.78 is 10.9. The fourth-order valence-electron chi connectivity index (χ4n) is 3.49. The third-order valence-electron chi connectivity index (χ3n) is 5.22. The molecule has 2 rings (SSSR count). The van der Waals surface area contributed by atoms with E-state index < -0.39 is 35.7 Å². The molecule has 0 aliphatic rings. The molecule has 0 spiro atoms. The van der Waals surface area contributed by atoms with Gasteiger partial charge < -0.3 is 25.4 Å². The maximum Gasteiger partial charge on any atom is 0.408 e. The predicted molar refractivity (Wildman–Crippen MR) is 140 cm³/mol. The third kappa shape index (κ3) is 10.4. The molecule has 0 radical (unpaired) electrons. The average Bonchev–Trinajstić information content (AvgIpc) is 2.81. The first-order valence-corrected chi connectivity index (χ1v) is 12.2. The molecule has 2 unspecified atom stereocenters. The topological polar surface area (TPSA) is 106 Å². The van der Waals surface area contributed by atoms with Gasteiger partial charge in [0.15, 0.2) is 0 Å². The first-order chi connectivity index (χ1) is 17.0. The van der Waals surface area contributed by atoms with Gasteiger partial charge in [-0.2, -0.15) is 0 Å². The molecular weight excluding hydrogens is 458 g/mol. The van der Waals surface area contributed by atoms with Crippen molar-refractivity contribution < 1.29 is 23.9 Å². The highest BCUT2D eigenvalue weighted by Gasteiger charge is 2.30. The summed E-state index contributed by atoms with van der Waals surface area (Å²) >= 11 is 0. The van der Waals surface area contributed by atoms with Crippen LogP contribution in [0.25, 0.3) is 0 Å². The number of hydrogen-bond donors (Lipinski definition) is 3. The first-order valence-electron chi connectivity index (χ1n) is 12.2. The van der Waals surface area contributed by atoms with Crippen LogP contribution in [-0.4, -0.2) is 42.7 Å². The summed E-state index contributed by atoms with van der Waals surface area (Å²) in [6, 6.07) is 15.1. The number of hydrogen-bond acceptors (Lipinski definition) is 6. The van der Waals surface area contributed by atoms with E-state index in [1.165, 1.54) is 0 Å². The largest absolute Gasteiger partial charge is 0.459 e. The van der Waals surface area contributed by atoms with E-state index in [0.717, 1.165) is 16.8 Å². The molecule has 0 aliphatic heterocycles. The summed E-state index contributed by atoms with van der Waals surface area (Å²) in [5.41, 5.74) is 1.94.